The second-order valence-corrected chi connectivity index (χ2v) is 5.86. The smallest absolute Gasteiger partial charge is 0.162 e. The molecule has 0 aliphatic carbocycles. The van der Waals surface area contributed by atoms with Crippen LogP contribution in [0.2, 0.25) is 0 Å². The number of Topliss-reactive ketones (excluding diaryl/α,β-unsaturated/α-hetero) is 1. The molecular weight excluding hydrogens is 263 g/mol. The molecule has 0 unspecified atom stereocenters. The van der Waals surface area contributed by atoms with Crippen LogP contribution in [0.4, 0.5) is 4.39 Å². The summed E-state index contributed by atoms with van der Waals surface area (Å²) < 4.78 is 12.8. The van der Waals surface area contributed by atoms with Gasteiger partial charge >= 0.3 is 0 Å². The highest BCUT2D eigenvalue weighted by Crippen LogP contribution is 2.13. The monoisotopic (exact) mass is 292 g/mol. The SMILES string of the molecule is CCCCCCCCCCCCC(=O)c1ccc(F)cc1. The van der Waals surface area contributed by atoms with Crippen molar-refractivity contribution in [1.29, 1.82) is 0 Å². The maximum absolute atomic E-state index is 12.8. The first-order valence-electron chi connectivity index (χ1n) is 8.53. The van der Waals surface area contributed by atoms with Crippen LogP contribution in [0, 0.1) is 5.82 Å². The number of unbranched alkanes of at least 4 members (excludes halogenated alkanes) is 9. The van der Waals surface area contributed by atoms with Gasteiger partial charge in [-0.05, 0) is 30.7 Å². The van der Waals surface area contributed by atoms with E-state index in [0.717, 1.165) is 12.8 Å². The molecule has 0 aliphatic heterocycles. The van der Waals surface area contributed by atoms with Crippen LogP contribution in [0.15, 0.2) is 24.3 Å². The highest BCUT2D eigenvalue weighted by atomic mass is 19.1. The highest BCUT2D eigenvalue weighted by molar-refractivity contribution is 5.95. The lowest BCUT2D eigenvalue weighted by Crippen LogP contribution is -1.98. The van der Waals surface area contributed by atoms with Crippen molar-refractivity contribution in [3.05, 3.63) is 35.6 Å². The van der Waals surface area contributed by atoms with Gasteiger partial charge in [0.2, 0.25) is 0 Å². The zero-order valence-corrected chi connectivity index (χ0v) is 13.4. The Bertz CT molecular complexity index is 383. The lowest BCUT2D eigenvalue weighted by atomic mass is 10.0. The van der Waals surface area contributed by atoms with Crippen molar-refractivity contribution in [2.45, 2.75) is 77.6 Å². The van der Waals surface area contributed by atoms with Gasteiger partial charge in [0.1, 0.15) is 5.82 Å². The summed E-state index contributed by atoms with van der Waals surface area (Å²) in [7, 11) is 0. The van der Waals surface area contributed by atoms with E-state index < -0.39 is 0 Å². The molecule has 0 saturated carbocycles. The summed E-state index contributed by atoms with van der Waals surface area (Å²) in [5.41, 5.74) is 0.632. The number of carbonyl (C=O) groups is 1. The largest absolute Gasteiger partial charge is 0.294 e. The Hall–Kier alpha value is -1.18. The van der Waals surface area contributed by atoms with Crippen LogP contribution in [0.25, 0.3) is 0 Å². The molecule has 0 radical (unpaired) electrons. The van der Waals surface area contributed by atoms with E-state index in [1.165, 1.54) is 63.5 Å². The molecule has 1 rings (SSSR count). The van der Waals surface area contributed by atoms with Crippen molar-refractivity contribution in [3.8, 4) is 0 Å². The fourth-order valence-electron chi connectivity index (χ4n) is 2.55. The zero-order chi connectivity index (χ0) is 15.3. The fraction of sp³-hybridized carbons (Fsp3) is 0.632. The van der Waals surface area contributed by atoms with E-state index >= 15 is 0 Å². The third-order valence-corrected chi connectivity index (χ3v) is 3.92. The van der Waals surface area contributed by atoms with E-state index in [9.17, 15) is 9.18 Å². The van der Waals surface area contributed by atoms with Crippen molar-refractivity contribution < 1.29 is 9.18 Å². The highest BCUT2D eigenvalue weighted by Gasteiger charge is 2.05. The molecule has 0 saturated heterocycles. The van der Waals surface area contributed by atoms with E-state index in [4.69, 9.17) is 0 Å². The van der Waals surface area contributed by atoms with Crippen LogP contribution in [-0.4, -0.2) is 5.78 Å². The minimum absolute atomic E-state index is 0.134. The molecule has 0 fully saturated rings. The van der Waals surface area contributed by atoms with Crippen molar-refractivity contribution in [2.75, 3.05) is 0 Å². The molecule has 0 heterocycles. The van der Waals surface area contributed by atoms with Gasteiger partial charge in [0.25, 0.3) is 0 Å². The van der Waals surface area contributed by atoms with Gasteiger partial charge < -0.3 is 0 Å². The summed E-state index contributed by atoms with van der Waals surface area (Å²) in [5, 5.41) is 0. The molecule has 1 aromatic carbocycles. The van der Waals surface area contributed by atoms with Gasteiger partial charge in [-0.15, -0.1) is 0 Å². The Morgan fingerprint density at radius 3 is 1.81 bits per heavy atom. The van der Waals surface area contributed by atoms with Gasteiger partial charge in [0.15, 0.2) is 5.78 Å². The average Bonchev–Trinajstić information content (AvgIpc) is 2.49. The average molecular weight is 292 g/mol. The molecule has 0 bridgehead atoms. The molecule has 118 valence electrons. The molecular formula is C19H29FO. The Balaban J connectivity index is 1.96. The van der Waals surface area contributed by atoms with Crippen molar-refractivity contribution in [2.24, 2.45) is 0 Å². The number of hydrogen-bond acceptors (Lipinski definition) is 1. The summed E-state index contributed by atoms with van der Waals surface area (Å²) in [4.78, 5) is 11.9. The Morgan fingerprint density at radius 1 is 0.810 bits per heavy atom. The number of rotatable bonds is 12. The van der Waals surface area contributed by atoms with Crippen molar-refractivity contribution in [1.82, 2.24) is 0 Å². The molecule has 1 nitrogen and oxygen atoms in total. The van der Waals surface area contributed by atoms with Crippen LogP contribution < -0.4 is 0 Å². The summed E-state index contributed by atoms with van der Waals surface area (Å²) in [6.07, 6.45) is 13.3. The number of ketones is 1. The van der Waals surface area contributed by atoms with Gasteiger partial charge in [0.05, 0.1) is 0 Å². The van der Waals surface area contributed by atoms with Gasteiger partial charge in [-0.25, -0.2) is 4.39 Å². The van der Waals surface area contributed by atoms with Gasteiger partial charge in [0, 0.05) is 12.0 Å². The number of hydrogen-bond donors (Lipinski definition) is 0. The standard InChI is InChI=1S/C19H29FO/c1-2-3-4-5-6-7-8-9-10-11-12-19(21)17-13-15-18(20)16-14-17/h13-16H,2-12H2,1H3. The zero-order valence-electron chi connectivity index (χ0n) is 13.4. The van der Waals surface area contributed by atoms with Gasteiger partial charge in [-0.3, -0.25) is 4.79 Å². The van der Waals surface area contributed by atoms with Gasteiger partial charge in [-0.2, -0.15) is 0 Å². The summed E-state index contributed by atoms with van der Waals surface area (Å²) in [6.45, 7) is 2.24. The maximum atomic E-state index is 12.8. The molecule has 0 aromatic heterocycles. The first-order chi connectivity index (χ1) is 10.2. The number of carbonyl (C=O) groups excluding carboxylic acids is 1. The normalized spacial score (nSPS) is 10.8. The predicted molar refractivity (Wildman–Crippen MR) is 87.2 cm³/mol. The number of halogens is 1. The first-order valence-corrected chi connectivity index (χ1v) is 8.53. The van der Waals surface area contributed by atoms with Gasteiger partial charge in [-0.1, -0.05) is 64.7 Å². The van der Waals surface area contributed by atoms with Crippen LogP contribution in [-0.2, 0) is 0 Å². The molecule has 21 heavy (non-hydrogen) atoms. The molecule has 1 aromatic rings. The Kier molecular flexibility index (Phi) is 9.77. The third-order valence-electron chi connectivity index (χ3n) is 3.92. The van der Waals surface area contributed by atoms with Crippen LogP contribution in [0.3, 0.4) is 0 Å². The molecule has 2 heteroatoms. The van der Waals surface area contributed by atoms with E-state index in [2.05, 4.69) is 6.92 Å². The predicted octanol–water partition coefficient (Wildman–Crippen LogP) is 6.32. The molecule has 0 atom stereocenters. The number of benzene rings is 1. The van der Waals surface area contributed by atoms with Crippen molar-refractivity contribution in [3.63, 3.8) is 0 Å². The summed E-state index contributed by atoms with van der Waals surface area (Å²) >= 11 is 0. The van der Waals surface area contributed by atoms with Crippen LogP contribution in [0.5, 0.6) is 0 Å². The molecule has 0 amide bonds. The van der Waals surface area contributed by atoms with Crippen molar-refractivity contribution >= 4 is 5.78 Å². The first kappa shape index (κ1) is 17.9. The second-order valence-electron chi connectivity index (χ2n) is 5.86. The second kappa shape index (κ2) is 11.5. The third kappa shape index (κ3) is 8.64. The Labute approximate surface area is 129 Å². The van der Waals surface area contributed by atoms with Crippen LogP contribution in [0.1, 0.15) is 87.9 Å². The lowest BCUT2D eigenvalue weighted by Gasteiger charge is -2.03. The molecule has 0 N–H and O–H groups in total. The van der Waals surface area contributed by atoms with E-state index in [0.29, 0.717) is 12.0 Å². The minimum atomic E-state index is -0.287. The van der Waals surface area contributed by atoms with E-state index in [1.54, 1.807) is 12.1 Å². The summed E-state index contributed by atoms with van der Waals surface area (Å²) in [5.74, 6) is -0.153. The van der Waals surface area contributed by atoms with Crippen LogP contribution >= 0.6 is 0 Å². The maximum Gasteiger partial charge on any atom is 0.162 e. The fourth-order valence-corrected chi connectivity index (χ4v) is 2.55. The molecule has 0 spiro atoms. The minimum Gasteiger partial charge on any atom is -0.294 e. The lowest BCUT2D eigenvalue weighted by molar-refractivity contribution is 0.0979. The quantitative estimate of drug-likeness (QED) is 0.325. The topological polar surface area (TPSA) is 17.1 Å². The van der Waals surface area contributed by atoms with E-state index in [1.807, 2.05) is 0 Å². The van der Waals surface area contributed by atoms with E-state index in [-0.39, 0.29) is 11.6 Å². The summed E-state index contributed by atoms with van der Waals surface area (Å²) in [6, 6.07) is 5.86. The Morgan fingerprint density at radius 2 is 1.29 bits per heavy atom. The molecule has 0 aliphatic rings.